The number of hydrogen-bond acceptors (Lipinski definition) is 4. The van der Waals surface area contributed by atoms with Gasteiger partial charge < -0.3 is 9.64 Å². The fourth-order valence-electron chi connectivity index (χ4n) is 4.76. The number of rotatable bonds is 5. The predicted octanol–water partition coefficient (Wildman–Crippen LogP) is 3.70. The van der Waals surface area contributed by atoms with Crippen LogP contribution in [0.4, 0.5) is 0 Å². The molecule has 5 nitrogen and oxygen atoms in total. The zero-order valence-corrected chi connectivity index (χ0v) is 18.5. The van der Waals surface area contributed by atoms with E-state index < -0.39 is 12.0 Å². The molecule has 2 unspecified atom stereocenters. The summed E-state index contributed by atoms with van der Waals surface area (Å²) in [6, 6.07) is -0.523. The molecule has 1 heterocycles. The highest BCUT2D eigenvalue weighted by atomic mass is 16.5. The largest absolute Gasteiger partial charge is 0.467 e. The number of amides is 1. The third-order valence-electron chi connectivity index (χ3n) is 6.44. The molecule has 2 rings (SSSR count). The van der Waals surface area contributed by atoms with E-state index in [1.807, 2.05) is 41.5 Å². The molecule has 1 aliphatic heterocycles. The first kappa shape index (κ1) is 21.9. The summed E-state index contributed by atoms with van der Waals surface area (Å²) in [5.41, 5.74) is -0.390. The average Bonchev–Trinajstić information content (AvgIpc) is 2.85. The highest BCUT2D eigenvalue weighted by Gasteiger charge is 2.70. The summed E-state index contributed by atoms with van der Waals surface area (Å²) in [7, 11) is 1.38. The number of hydrogen-bond donors (Lipinski definition) is 0. The van der Waals surface area contributed by atoms with Gasteiger partial charge in [-0.1, -0.05) is 55.4 Å². The number of carbonyl (C=O) groups excluding carboxylic acids is 3. The monoisotopic (exact) mass is 379 g/mol. The number of fused-ring (bicyclic) bond motifs is 1. The van der Waals surface area contributed by atoms with Crippen LogP contribution in [-0.4, -0.2) is 42.3 Å². The Hall–Kier alpha value is -1.39. The van der Waals surface area contributed by atoms with Crippen LogP contribution in [0.1, 0.15) is 68.2 Å². The second kappa shape index (κ2) is 6.89. The second-order valence-corrected chi connectivity index (χ2v) is 11.3. The quantitative estimate of drug-likeness (QED) is 0.683. The average molecular weight is 380 g/mol. The van der Waals surface area contributed by atoms with Crippen molar-refractivity contribution in [3.8, 4) is 0 Å². The summed E-state index contributed by atoms with van der Waals surface area (Å²) < 4.78 is 5.02. The lowest BCUT2D eigenvalue weighted by atomic mass is 9.75. The molecule has 0 radical (unpaired) electrons. The Morgan fingerprint density at radius 2 is 1.67 bits per heavy atom. The van der Waals surface area contributed by atoms with Crippen molar-refractivity contribution in [2.24, 2.45) is 34.0 Å². The number of likely N-dealkylation sites (tertiary alicyclic amines) is 1. The van der Waals surface area contributed by atoms with Crippen LogP contribution in [0, 0.1) is 34.0 Å². The minimum Gasteiger partial charge on any atom is -0.467 e. The van der Waals surface area contributed by atoms with Gasteiger partial charge in [-0.05, 0) is 22.2 Å². The molecule has 1 saturated heterocycles. The maximum Gasteiger partial charge on any atom is 0.328 e. The Kier molecular flexibility index (Phi) is 5.59. The standard InChI is InChI=1S/C22H37NO4/c1-20(2,3)11-13(24)10-14(21(4,5)6)18(25)23-12-15-16(22(15,7)8)17(23)19(26)27-9/h14-17H,10-12H2,1-9H3/t14-,15?,16?,17+/m1/s1. The Labute approximate surface area is 164 Å². The topological polar surface area (TPSA) is 63.7 Å². The van der Waals surface area contributed by atoms with Gasteiger partial charge in [0.15, 0.2) is 0 Å². The van der Waals surface area contributed by atoms with Gasteiger partial charge >= 0.3 is 5.97 Å². The second-order valence-electron chi connectivity index (χ2n) is 11.3. The van der Waals surface area contributed by atoms with Crippen molar-refractivity contribution in [2.75, 3.05) is 13.7 Å². The normalized spacial score (nSPS) is 27.7. The number of ketones is 1. The molecule has 2 aliphatic rings. The molecular weight excluding hydrogens is 342 g/mol. The minimum atomic E-state index is -0.523. The van der Waals surface area contributed by atoms with Gasteiger partial charge in [0.25, 0.3) is 0 Å². The Morgan fingerprint density at radius 1 is 1.11 bits per heavy atom. The third-order valence-corrected chi connectivity index (χ3v) is 6.44. The molecule has 5 heteroatoms. The Morgan fingerprint density at radius 3 is 2.11 bits per heavy atom. The molecule has 1 aliphatic carbocycles. The van der Waals surface area contributed by atoms with Crippen LogP contribution >= 0.6 is 0 Å². The summed E-state index contributed by atoms with van der Waals surface area (Å²) in [6.07, 6.45) is 0.675. The van der Waals surface area contributed by atoms with Crippen LogP contribution in [0.5, 0.6) is 0 Å². The van der Waals surface area contributed by atoms with Crippen molar-refractivity contribution in [2.45, 2.75) is 74.3 Å². The molecule has 0 bridgehead atoms. The maximum atomic E-state index is 13.5. The zero-order valence-electron chi connectivity index (χ0n) is 18.5. The minimum absolute atomic E-state index is 0.0644. The first-order valence-electron chi connectivity index (χ1n) is 10.0. The van der Waals surface area contributed by atoms with Crippen LogP contribution in [0.15, 0.2) is 0 Å². The predicted molar refractivity (Wildman–Crippen MR) is 105 cm³/mol. The van der Waals surface area contributed by atoms with Crippen molar-refractivity contribution < 1.29 is 19.1 Å². The summed E-state index contributed by atoms with van der Waals surface area (Å²) in [4.78, 5) is 40.2. The first-order chi connectivity index (χ1) is 12.1. The summed E-state index contributed by atoms with van der Waals surface area (Å²) >= 11 is 0. The number of esters is 1. The van der Waals surface area contributed by atoms with Crippen molar-refractivity contribution in [1.29, 1.82) is 0 Å². The van der Waals surface area contributed by atoms with Crippen molar-refractivity contribution >= 4 is 17.7 Å². The van der Waals surface area contributed by atoms with Gasteiger partial charge in [-0.25, -0.2) is 4.79 Å². The lowest BCUT2D eigenvalue weighted by molar-refractivity contribution is -0.156. The number of nitrogens with zero attached hydrogens (tertiary/aromatic N) is 1. The van der Waals surface area contributed by atoms with Gasteiger partial charge in [-0.3, -0.25) is 9.59 Å². The van der Waals surface area contributed by atoms with Crippen LogP contribution in [0.2, 0.25) is 0 Å². The Balaban J connectivity index is 2.23. The Bertz CT molecular complexity index is 623. The van der Waals surface area contributed by atoms with E-state index in [0.29, 0.717) is 18.9 Å². The van der Waals surface area contributed by atoms with E-state index in [9.17, 15) is 14.4 Å². The van der Waals surface area contributed by atoms with Gasteiger partial charge in [0.05, 0.1) is 7.11 Å². The van der Waals surface area contributed by atoms with Gasteiger partial charge in [0.1, 0.15) is 11.8 Å². The van der Waals surface area contributed by atoms with Gasteiger partial charge in [-0.15, -0.1) is 0 Å². The van der Waals surface area contributed by atoms with Crippen molar-refractivity contribution in [3.05, 3.63) is 0 Å². The SMILES string of the molecule is COC(=O)[C@@H]1C2C(CN1C(=O)[C@@H](CC(=O)CC(C)(C)C)C(C)(C)C)C2(C)C. The highest BCUT2D eigenvalue weighted by Crippen LogP contribution is 2.65. The van der Waals surface area contributed by atoms with Gasteiger partial charge in [0.2, 0.25) is 5.91 Å². The highest BCUT2D eigenvalue weighted by molar-refractivity contribution is 5.91. The molecule has 0 aromatic carbocycles. The van der Waals surface area contributed by atoms with E-state index in [1.54, 1.807) is 4.90 Å². The van der Waals surface area contributed by atoms with E-state index in [2.05, 4.69) is 13.8 Å². The molecule has 27 heavy (non-hydrogen) atoms. The number of carbonyl (C=O) groups is 3. The number of piperidine rings is 1. The molecule has 4 atom stereocenters. The summed E-state index contributed by atoms with van der Waals surface area (Å²) in [6.45, 7) is 16.9. The number of Topliss-reactive ketones (excluding diaryl/α,β-unsaturated/α-hetero) is 1. The van der Waals surface area contributed by atoms with Gasteiger partial charge in [-0.2, -0.15) is 0 Å². The molecule has 0 N–H and O–H groups in total. The van der Waals surface area contributed by atoms with E-state index in [4.69, 9.17) is 4.74 Å². The van der Waals surface area contributed by atoms with Crippen molar-refractivity contribution in [3.63, 3.8) is 0 Å². The van der Waals surface area contributed by atoms with E-state index >= 15 is 0 Å². The lowest BCUT2D eigenvalue weighted by Crippen LogP contribution is -2.50. The number of methoxy groups -OCH3 is 1. The molecule has 1 saturated carbocycles. The molecule has 0 spiro atoms. The zero-order chi connectivity index (χ0) is 20.9. The molecule has 0 aromatic rings. The van der Waals surface area contributed by atoms with Crippen LogP contribution in [0.3, 0.4) is 0 Å². The molecule has 1 amide bonds. The lowest BCUT2D eigenvalue weighted by Gasteiger charge is -2.37. The summed E-state index contributed by atoms with van der Waals surface area (Å²) in [5.74, 6) is -0.260. The van der Waals surface area contributed by atoms with Crippen LogP contribution < -0.4 is 0 Å². The fraction of sp³-hybridized carbons (Fsp3) is 0.864. The molecule has 154 valence electrons. The van der Waals surface area contributed by atoms with Gasteiger partial charge in [0, 0.05) is 31.2 Å². The van der Waals surface area contributed by atoms with E-state index in [1.165, 1.54) is 7.11 Å². The fourth-order valence-corrected chi connectivity index (χ4v) is 4.76. The molecular formula is C22H37NO4. The summed E-state index contributed by atoms with van der Waals surface area (Å²) in [5, 5.41) is 0. The van der Waals surface area contributed by atoms with Crippen molar-refractivity contribution in [1.82, 2.24) is 4.90 Å². The van der Waals surface area contributed by atoms with E-state index in [-0.39, 0.29) is 46.2 Å². The molecule has 2 fully saturated rings. The van der Waals surface area contributed by atoms with Crippen LogP contribution in [-0.2, 0) is 19.1 Å². The molecule has 0 aromatic heterocycles. The first-order valence-corrected chi connectivity index (χ1v) is 10.0. The smallest absolute Gasteiger partial charge is 0.328 e. The van der Waals surface area contributed by atoms with Crippen LogP contribution in [0.25, 0.3) is 0 Å². The maximum absolute atomic E-state index is 13.5. The third kappa shape index (κ3) is 4.38. The number of ether oxygens (including phenoxy) is 1. The van der Waals surface area contributed by atoms with E-state index in [0.717, 1.165) is 0 Å².